The number of anilines is 1. The molecule has 1 atom stereocenters. The second kappa shape index (κ2) is 8.82. The molecule has 1 unspecified atom stereocenters. The molecule has 1 aromatic carbocycles. The summed E-state index contributed by atoms with van der Waals surface area (Å²) < 4.78 is 13.1. The number of carbonyl (C=O) groups excluding carboxylic acids is 1. The Morgan fingerprint density at radius 2 is 1.92 bits per heavy atom. The highest BCUT2D eigenvalue weighted by molar-refractivity contribution is 5.76. The summed E-state index contributed by atoms with van der Waals surface area (Å²) in [6.45, 7) is 6.34. The number of rotatable bonds is 5. The van der Waals surface area contributed by atoms with Crippen molar-refractivity contribution in [3.8, 4) is 0 Å². The van der Waals surface area contributed by atoms with Crippen molar-refractivity contribution in [3.63, 3.8) is 0 Å². The summed E-state index contributed by atoms with van der Waals surface area (Å²) in [7, 11) is 4.29. The summed E-state index contributed by atoms with van der Waals surface area (Å²) in [5, 5.41) is 0. The number of hydrogen-bond donors (Lipinski definition) is 0. The van der Waals surface area contributed by atoms with Crippen LogP contribution in [-0.2, 0) is 4.79 Å². The maximum atomic E-state index is 13.1. The molecule has 1 aromatic rings. The van der Waals surface area contributed by atoms with Gasteiger partial charge in [-0.2, -0.15) is 0 Å². The summed E-state index contributed by atoms with van der Waals surface area (Å²) in [5.41, 5.74) is 1.03. The molecule has 0 saturated carbocycles. The fourth-order valence-corrected chi connectivity index (χ4v) is 3.96. The molecule has 2 fully saturated rings. The Hall–Kier alpha value is -1.66. The smallest absolute Gasteiger partial charge is 0.223 e. The van der Waals surface area contributed by atoms with E-state index in [1.54, 1.807) is 0 Å². The first-order chi connectivity index (χ1) is 12.5. The van der Waals surface area contributed by atoms with Crippen LogP contribution in [0.4, 0.5) is 10.1 Å². The van der Waals surface area contributed by atoms with Crippen molar-refractivity contribution >= 4 is 11.6 Å². The van der Waals surface area contributed by atoms with E-state index in [1.165, 1.54) is 18.6 Å². The van der Waals surface area contributed by atoms with E-state index in [1.807, 2.05) is 17.0 Å². The Balaban J connectivity index is 1.46. The van der Waals surface area contributed by atoms with Gasteiger partial charge in [0.1, 0.15) is 5.82 Å². The van der Waals surface area contributed by atoms with Crippen molar-refractivity contribution in [1.29, 1.82) is 0 Å². The van der Waals surface area contributed by atoms with Crippen LogP contribution in [0.2, 0.25) is 0 Å². The fourth-order valence-electron chi connectivity index (χ4n) is 3.96. The average Bonchev–Trinajstić information content (AvgIpc) is 2.92. The quantitative estimate of drug-likeness (QED) is 0.800. The van der Waals surface area contributed by atoms with Crippen molar-refractivity contribution in [2.45, 2.75) is 25.3 Å². The summed E-state index contributed by atoms with van der Waals surface area (Å²) in [6, 6.07) is 7.21. The Bertz CT molecular complexity index is 594. The second-order valence-corrected chi connectivity index (χ2v) is 7.63. The molecule has 3 rings (SSSR count). The van der Waals surface area contributed by atoms with Gasteiger partial charge in [-0.15, -0.1) is 0 Å². The summed E-state index contributed by atoms with van der Waals surface area (Å²) in [6.07, 6.45) is 2.73. The molecule has 0 radical (unpaired) electrons. The molecule has 6 heteroatoms. The Morgan fingerprint density at radius 1 is 1.15 bits per heavy atom. The highest BCUT2D eigenvalue weighted by atomic mass is 19.1. The minimum absolute atomic E-state index is 0.210. The molecule has 0 spiro atoms. The van der Waals surface area contributed by atoms with Gasteiger partial charge in [-0.25, -0.2) is 4.39 Å². The number of halogens is 1. The fraction of sp³-hybridized carbons (Fsp3) is 0.650. The third-order valence-electron chi connectivity index (χ3n) is 5.71. The van der Waals surface area contributed by atoms with Gasteiger partial charge in [0.25, 0.3) is 0 Å². The molecule has 26 heavy (non-hydrogen) atoms. The molecule has 2 heterocycles. The van der Waals surface area contributed by atoms with Crippen molar-refractivity contribution in [3.05, 3.63) is 30.1 Å². The zero-order valence-electron chi connectivity index (χ0n) is 16.0. The lowest BCUT2D eigenvalue weighted by Gasteiger charge is -2.26. The Kier molecular flexibility index (Phi) is 6.48. The Labute approximate surface area is 156 Å². The minimum atomic E-state index is -0.210. The molecule has 2 saturated heterocycles. The summed E-state index contributed by atoms with van der Waals surface area (Å²) in [4.78, 5) is 21.6. The van der Waals surface area contributed by atoms with Crippen LogP contribution in [0.1, 0.15) is 19.3 Å². The van der Waals surface area contributed by atoms with Gasteiger partial charge in [0, 0.05) is 57.4 Å². The zero-order chi connectivity index (χ0) is 18.5. The largest absolute Gasteiger partial charge is 0.370 e. The van der Waals surface area contributed by atoms with Crippen LogP contribution in [0, 0.1) is 5.82 Å². The van der Waals surface area contributed by atoms with Gasteiger partial charge in [-0.3, -0.25) is 4.79 Å². The predicted octanol–water partition coefficient (Wildman–Crippen LogP) is 1.89. The topological polar surface area (TPSA) is 30.0 Å². The maximum absolute atomic E-state index is 13.1. The van der Waals surface area contributed by atoms with Gasteiger partial charge in [-0.1, -0.05) is 0 Å². The van der Waals surface area contributed by atoms with Crippen molar-refractivity contribution in [2.75, 3.05) is 64.8 Å². The van der Waals surface area contributed by atoms with Gasteiger partial charge < -0.3 is 19.6 Å². The molecule has 1 amide bonds. The number of amides is 1. The molecule has 2 aliphatic rings. The van der Waals surface area contributed by atoms with Crippen LogP contribution >= 0.6 is 0 Å². The van der Waals surface area contributed by atoms with E-state index in [4.69, 9.17) is 0 Å². The number of nitrogens with zero attached hydrogens (tertiary/aromatic N) is 4. The minimum Gasteiger partial charge on any atom is -0.370 e. The van der Waals surface area contributed by atoms with E-state index < -0.39 is 0 Å². The molecule has 2 aliphatic heterocycles. The lowest BCUT2D eigenvalue weighted by Crippen LogP contribution is -2.39. The van der Waals surface area contributed by atoms with E-state index in [9.17, 15) is 9.18 Å². The first-order valence-electron chi connectivity index (χ1n) is 9.70. The van der Waals surface area contributed by atoms with E-state index in [0.717, 1.165) is 57.9 Å². The third kappa shape index (κ3) is 4.95. The van der Waals surface area contributed by atoms with Crippen molar-refractivity contribution < 1.29 is 9.18 Å². The van der Waals surface area contributed by atoms with Crippen LogP contribution in [0.5, 0.6) is 0 Å². The van der Waals surface area contributed by atoms with Crippen LogP contribution in [0.3, 0.4) is 0 Å². The zero-order valence-corrected chi connectivity index (χ0v) is 16.0. The molecule has 144 valence electrons. The van der Waals surface area contributed by atoms with Gasteiger partial charge in [0.15, 0.2) is 0 Å². The lowest BCUT2D eigenvalue weighted by molar-refractivity contribution is -0.131. The predicted molar refractivity (Wildman–Crippen MR) is 103 cm³/mol. The average molecular weight is 362 g/mol. The highest BCUT2D eigenvalue weighted by Crippen LogP contribution is 2.18. The maximum Gasteiger partial charge on any atom is 0.223 e. The van der Waals surface area contributed by atoms with Gasteiger partial charge in [-0.05, 0) is 57.7 Å². The number of carbonyl (C=O) groups is 1. The van der Waals surface area contributed by atoms with Crippen molar-refractivity contribution in [1.82, 2.24) is 14.7 Å². The van der Waals surface area contributed by atoms with E-state index in [-0.39, 0.29) is 11.7 Å². The molecule has 5 nitrogen and oxygen atoms in total. The first kappa shape index (κ1) is 19.1. The molecular formula is C20H31FN4O. The lowest BCUT2D eigenvalue weighted by atomic mass is 10.2. The number of benzene rings is 1. The van der Waals surface area contributed by atoms with Gasteiger partial charge in [0.2, 0.25) is 5.91 Å². The van der Waals surface area contributed by atoms with Crippen LogP contribution in [0.25, 0.3) is 0 Å². The SMILES string of the molecule is CN1CCC(N(C)CCC(=O)N2CCCN(c3ccc(F)cc3)CC2)C1. The van der Waals surface area contributed by atoms with E-state index >= 15 is 0 Å². The third-order valence-corrected chi connectivity index (χ3v) is 5.71. The molecule has 0 N–H and O–H groups in total. The monoisotopic (exact) mass is 362 g/mol. The number of hydrogen-bond acceptors (Lipinski definition) is 4. The standard InChI is InChI=1S/C20H31FN4O/c1-22-12-8-19(16-22)23(2)13-9-20(26)25-11-3-10-24(14-15-25)18-6-4-17(21)5-7-18/h4-7,19H,3,8-16H2,1-2H3. The van der Waals surface area contributed by atoms with Gasteiger partial charge >= 0.3 is 0 Å². The number of likely N-dealkylation sites (N-methyl/N-ethyl adjacent to an activating group) is 2. The van der Waals surface area contributed by atoms with Crippen molar-refractivity contribution in [2.24, 2.45) is 0 Å². The highest BCUT2D eigenvalue weighted by Gasteiger charge is 2.24. The normalized spacial score (nSPS) is 22.1. The summed E-state index contributed by atoms with van der Waals surface area (Å²) >= 11 is 0. The van der Waals surface area contributed by atoms with Gasteiger partial charge in [0.05, 0.1) is 0 Å². The molecular weight excluding hydrogens is 331 g/mol. The molecule has 0 aromatic heterocycles. The molecule has 0 bridgehead atoms. The van der Waals surface area contributed by atoms with Crippen LogP contribution in [-0.4, -0.2) is 86.6 Å². The molecule has 0 aliphatic carbocycles. The Morgan fingerprint density at radius 3 is 2.62 bits per heavy atom. The van der Waals surface area contributed by atoms with E-state index in [0.29, 0.717) is 12.5 Å². The second-order valence-electron chi connectivity index (χ2n) is 7.63. The van der Waals surface area contributed by atoms with E-state index in [2.05, 4.69) is 28.8 Å². The summed E-state index contributed by atoms with van der Waals surface area (Å²) in [5.74, 6) is 0.0436. The van der Waals surface area contributed by atoms with Crippen LogP contribution < -0.4 is 4.90 Å². The van der Waals surface area contributed by atoms with Crippen LogP contribution in [0.15, 0.2) is 24.3 Å². The first-order valence-corrected chi connectivity index (χ1v) is 9.70. The number of likely N-dealkylation sites (tertiary alicyclic amines) is 1.